The minimum atomic E-state index is 0.607. The van der Waals surface area contributed by atoms with Gasteiger partial charge in [0.05, 0.1) is 6.54 Å². The number of halogens is 1. The van der Waals surface area contributed by atoms with Crippen molar-refractivity contribution in [3.63, 3.8) is 0 Å². The zero-order valence-electron chi connectivity index (χ0n) is 15.7. The SMILES string of the molecule is Cc1ccc(C)c(N2CCN(Cc3nc(-c4ccc(Cl)cc4)no3)CC2)c1. The maximum absolute atomic E-state index is 5.93. The first-order valence-corrected chi connectivity index (χ1v) is 9.59. The quantitative estimate of drug-likeness (QED) is 0.672. The summed E-state index contributed by atoms with van der Waals surface area (Å²) in [7, 11) is 0. The van der Waals surface area contributed by atoms with Crippen molar-refractivity contribution in [2.45, 2.75) is 20.4 Å². The van der Waals surface area contributed by atoms with Crippen LogP contribution in [0.3, 0.4) is 0 Å². The third kappa shape index (κ3) is 4.15. The van der Waals surface area contributed by atoms with Crippen molar-refractivity contribution in [1.29, 1.82) is 0 Å². The second-order valence-corrected chi connectivity index (χ2v) is 7.51. The lowest BCUT2D eigenvalue weighted by Crippen LogP contribution is -2.46. The van der Waals surface area contributed by atoms with E-state index < -0.39 is 0 Å². The van der Waals surface area contributed by atoms with Crippen LogP contribution in [-0.2, 0) is 6.54 Å². The minimum Gasteiger partial charge on any atom is -0.369 e. The molecule has 3 aromatic rings. The van der Waals surface area contributed by atoms with Crippen molar-refractivity contribution in [3.05, 3.63) is 64.5 Å². The van der Waals surface area contributed by atoms with Crippen LogP contribution >= 0.6 is 11.6 Å². The van der Waals surface area contributed by atoms with Crippen LogP contribution in [0.2, 0.25) is 5.02 Å². The van der Waals surface area contributed by atoms with Gasteiger partial charge < -0.3 is 9.42 Å². The first-order valence-electron chi connectivity index (χ1n) is 9.21. The average molecular weight is 383 g/mol. The molecule has 2 aromatic carbocycles. The van der Waals surface area contributed by atoms with E-state index in [0.717, 1.165) is 31.7 Å². The summed E-state index contributed by atoms with van der Waals surface area (Å²) >= 11 is 5.93. The number of aromatic nitrogens is 2. The number of rotatable bonds is 4. The Morgan fingerprint density at radius 2 is 1.74 bits per heavy atom. The molecule has 0 atom stereocenters. The van der Waals surface area contributed by atoms with Crippen molar-refractivity contribution in [2.24, 2.45) is 0 Å². The molecule has 0 amide bonds. The lowest BCUT2D eigenvalue weighted by Gasteiger charge is -2.36. The smallest absolute Gasteiger partial charge is 0.241 e. The van der Waals surface area contributed by atoms with Crippen LogP contribution in [-0.4, -0.2) is 41.2 Å². The number of aryl methyl sites for hydroxylation is 2. The van der Waals surface area contributed by atoms with Gasteiger partial charge in [-0.1, -0.05) is 28.9 Å². The Morgan fingerprint density at radius 1 is 1.00 bits per heavy atom. The highest BCUT2D eigenvalue weighted by atomic mass is 35.5. The van der Waals surface area contributed by atoms with Gasteiger partial charge in [0.25, 0.3) is 0 Å². The second-order valence-electron chi connectivity index (χ2n) is 7.07. The summed E-state index contributed by atoms with van der Waals surface area (Å²) in [6.45, 7) is 8.97. The molecule has 1 aliphatic heterocycles. The number of hydrogen-bond donors (Lipinski definition) is 0. The molecule has 0 N–H and O–H groups in total. The van der Waals surface area contributed by atoms with E-state index >= 15 is 0 Å². The fourth-order valence-electron chi connectivity index (χ4n) is 3.43. The molecule has 1 aliphatic rings. The van der Waals surface area contributed by atoms with Crippen molar-refractivity contribution >= 4 is 17.3 Å². The number of anilines is 1. The number of benzene rings is 2. The van der Waals surface area contributed by atoms with Gasteiger partial charge in [-0.15, -0.1) is 0 Å². The highest BCUT2D eigenvalue weighted by Gasteiger charge is 2.20. The third-order valence-corrected chi connectivity index (χ3v) is 5.26. The summed E-state index contributed by atoms with van der Waals surface area (Å²) in [4.78, 5) is 9.36. The van der Waals surface area contributed by atoms with E-state index in [4.69, 9.17) is 16.1 Å². The van der Waals surface area contributed by atoms with Crippen LogP contribution < -0.4 is 4.90 Å². The van der Waals surface area contributed by atoms with Crippen molar-refractivity contribution in [1.82, 2.24) is 15.0 Å². The van der Waals surface area contributed by atoms with Gasteiger partial charge in [0.2, 0.25) is 11.7 Å². The van der Waals surface area contributed by atoms with Crippen molar-refractivity contribution in [2.75, 3.05) is 31.1 Å². The molecule has 0 spiro atoms. The minimum absolute atomic E-state index is 0.607. The van der Waals surface area contributed by atoms with Gasteiger partial charge in [0.1, 0.15) is 0 Å². The predicted octanol–water partition coefficient (Wildman–Crippen LogP) is 4.33. The van der Waals surface area contributed by atoms with Gasteiger partial charge in [0.15, 0.2) is 0 Å². The largest absolute Gasteiger partial charge is 0.369 e. The summed E-state index contributed by atoms with van der Waals surface area (Å²) < 4.78 is 5.45. The lowest BCUT2D eigenvalue weighted by atomic mass is 10.1. The summed E-state index contributed by atoms with van der Waals surface area (Å²) in [5.74, 6) is 1.26. The summed E-state index contributed by atoms with van der Waals surface area (Å²) in [6, 6.07) is 14.1. The van der Waals surface area contributed by atoms with Crippen LogP contribution in [0.4, 0.5) is 5.69 Å². The van der Waals surface area contributed by atoms with Crippen LogP contribution in [0.5, 0.6) is 0 Å². The number of nitrogens with zero attached hydrogens (tertiary/aromatic N) is 4. The summed E-state index contributed by atoms with van der Waals surface area (Å²) in [6.07, 6.45) is 0. The maximum Gasteiger partial charge on any atom is 0.241 e. The zero-order valence-corrected chi connectivity index (χ0v) is 16.4. The topological polar surface area (TPSA) is 45.4 Å². The summed E-state index contributed by atoms with van der Waals surface area (Å²) in [5.41, 5.74) is 4.89. The first kappa shape index (κ1) is 18.0. The molecule has 5 nitrogen and oxygen atoms in total. The van der Waals surface area contributed by atoms with E-state index in [1.807, 2.05) is 24.3 Å². The van der Waals surface area contributed by atoms with Crippen LogP contribution in [0, 0.1) is 13.8 Å². The Morgan fingerprint density at radius 3 is 2.48 bits per heavy atom. The van der Waals surface area contributed by atoms with Crippen molar-refractivity contribution in [3.8, 4) is 11.4 Å². The Hall–Kier alpha value is -2.37. The Labute approximate surface area is 164 Å². The molecule has 27 heavy (non-hydrogen) atoms. The molecule has 0 aliphatic carbocycles. The average Bonchev–Trinajstić information content (AvgIpc) is 3.13. The molecule has 6 heteroatoms. The fourth-order valence-corrected chi connectivity index (χ4v) is 3.56. The normalized spacial score (nSPS) is 15.3. The highest BCUT2D eigenvalue weighted by molar-refractivity contribution is 6.30. The van der Waals surface area contributed by atoms with Gasteiger partial charge in [-0.05, 0) is 55.3 Å². The predicted molar refractivity (Wildman–Crippen MR) is 108 cm³/mol. The van der Waals surface area contributed by atoms with Gasteiger partial charge in [-0.3, -0.25) is 4.90 Å². The number of piperazine rings is 1. The molecule has 140 valence electrons. The third-order valence-electron chi connectivity index (χ3n) is 5.01. The molecule has 0 bridgehead atoms. The Kier molecular flexibility index (Phi) is 5.14. The van der Waals surface area contributed by atoms with Crippen LogP contribution in [0.1, 0.15) is 17.0 Å². The van der Waals surface area contributed by atoms with Gasteiger partial charge >= 0.3 is 0 Å². The van der Waals surface area contributed by atoms with Gasteiger partial charge in [-0.25, -0.2) is 0 Å². The van der Waals surface area contributed by atoms with E-state index in [1.165, 1.54) is 16.8 Å². The molecule has 1 fully saturated rings. The van der Waals surface area contributed by atoms with E-state index in [2.05, 4.69) is 52.0 Å². The maximum atomic E-state index is 5.93. The van der Waals surface area contributed by atoms with Crippen molar-refractivity contribution < 1.29 is 4.52 Å². The molecule has 1 aromatic heterocycles. The molecule has 0 radical (unpaired) electrons. The zero-order chi connectivity index (χ0) is 18.8. The lowest BCUT2D eigenvalue weighted by molar-refractivity contribution is 0.215. The van der Waals surface area contributed by atoms with E-state index in [-0.39, 0.29) is 0 Å². The Bertz CT molecular complexity index is 914. The second kappa shape index (κ2) is 7.71. The van der Waals surface area contributed by atoms with E-state index in [1.54, 1.807) is 0 Å². The molecule has 1 saturated heterocycles. The molecule has 2 heterocycles. The van der Waals surface area contributed by atoms with Gasteiger partial charge in [0, 0.05) is 42.5 Å². The van der Waals surface area contributed by atoms with E-state index in [9.17, 15) is 0 Å². The van der Waals surface area contributed by atoms with Crippen LogP contribution in [0.25, 0.3) is 11.4 Å². The number of hydrogen-bond acceptors (Lipinski definition) is 5. The molecule has 4 rings (SSSR count). The monoisotopic (exact) mass is 382 g/mol. The standard InChI is InChI=1S/C21H23ClN4O/c1-15-3-4-16(2)19(13-15)26-11-9-25(10-12-26)14-20-23-21(24-27-20)17-5-7-18(22)8-6-17/h3-8,13H,9-12,14H2,1-2H3. The Balaban J connectivity index is 1.37. The highest BCUT2D eigenvalue weighted by Crippen LogP contribution is 2.23. The molecular weight excluding hydrogens is 360 g/mol. The van der Waals surface area contributed by atoms with Gasteiger partial charge in [-0.2, -0.15) is 4.98 Å². The van der Waals surface area contributed by atoms with Crippen LogP contribution in [0.15, 0.2) is 47.0 Å². The summed E-state index contributed by atoms with van der Waals surface area (Å²) in [5, 5.41) is 4.80. The van der Waals surface area contributed by atoms with E-state index in [0.29, 0.717) is 23.3 Å². The molecular formula is C21H23ClN4O. The molecule has 0 unspecified atom stereocenters. The fraction of sp³-hybridized carbons (Fsp3) is 0.333. The molecule has 0 saturated carbocycles. The first-order chi connectivity index (χ1) is 13.1.